The van der Waals surface area contributed by atoms with Crippen LogP contribution in [0.1, 0.15) is 31.0 Å². The van der Waals surface area contributed by atoms with Gasteiger partial charge in [0.2, 0.25) is 0 Å². The molecule has 0 saturated carbocycles. The second-order valence-corrected chi connectivity index (χ2v) is 6.82. The Bertz CT molecular complexity index is 916. The Morgan fingerprint density at radius 2 is 1.64 bits per heavy atom. The van der Waals surface area contributed by atoms with E-state index in [-0.39, 0.29) is 17.6 Å². The van der Waals surface area contributed by atoms with Crippen LogP contribution in [0.15, 0.2) is 71.6 Å². The first-order valence-electron chi connectivity index (χ1n) is 8.96. The van der Waals surface area contributed by atoms with Gasteiger partial charge in [-0.1, -0.05) is 26.0 Å². The fourth-order valence-electron chi connectivity index (χ4n) is 3.05. The van der Waals surface area contributed by atoms with Crippen LogP contribution in [0.2, 0.25) is 0 Å². The normalized spacial score (nSPS) is 17.6. The van der Waals surface area contributed by atoms with Crippen molar-refractivity contribution in [1.82, 2.24) is 4.90 Å². The first-order valence-corrected chi connectivity index (χ1v) is 8.96. The zero-order valence-corrected chi connectivity index (χ0v) is 15.6. The Hall–Kier alpha value is -2.86. The number of nitrogens with zero attached hydrogens (tertiary/aromatic N) is 2. The van der Waals surface area contributed by atoms with Gasteiger partial charge in [-0.15, -0.1) is 0 Å². The van der Waals surface area contributed by atoms with E-state index >= 15 is 0 Å². The number of aliphatic imine (C=N–C) groups is 1. The van der Waals surface area contributed by atoms with Crippen molar-refractivity contribution in [3.05, 3.63) is 89.4 Å². The van der Waals surface area contributed by atoms with Gasteiger partial charge in [0.25, 0.3) is 0 Å². The van der Waals surface area contributed by atoms with Crippen LogP contribution in [0.4, 0.5) is 13.2 Å². The fourth-order valence-corrected chi connectivity index (χ4v) is 3.05. The molecular formula is C22H21F3N2O. The van der Waals surface area contributed by atoms with E-state index in [0.29, 0.717) is 11.5 Å². The highest BCUT2D eigenvalue weighted by Gasteiger charge is 2.28. The monoisotopic (exact) mass is 386 g/mol. The second-order valence-electron chi connectivity index (χ2n) is 6.82. The average Bonchev–Trinajstić information content (AvgIpc) is 2.69. The number of amidine groups is 1. The molecular weight excluding hydrogens is 365 g/mol. The van der Waals surface area contributed by atoms with Gasteiger partial charge in [0.05, 0.1) is 18.3 Å². The van der Waals surface area contributed by atoms with Crippen molar-refractivity contribution in [1.29, 1.82) is 0 Å². The highest BCUT2D eigenvalue weighted by molar-refractivity contribution is 5.93. The molecule has 0 radical (unpaired) electrons. The molecule has 6 heteroatoms. The van der Waals surface area contributed by atoms with E-state index in [1.54, 1.807) is 29.2 Å². The molecule has 0 aliphatic carbocycles. The quantitative estimate of drug-likeness (QED) is 0.765. The summed E-state index contributed by atoms with van der Waals surface area (Å²) in [5.74, 6) is -0.907. The maximum absolute atomic E-state index is 14.0. The Balaban J connectivity index is 2.15. The molecule has 146 valence electrons. The van der Waals surface area contributed by atoms with Gasteiger partial charge in [0.15, 0.2) is 0 Å². The number of hydrogen-bond donors (Lipinski definition) is 1. The molecule has 1 unspecified atom stereocenters. The van der Waals surface area contributed by atoms with E-state index < -0.39 is 18.5 Å². The number of aliphatic hydroxyl groups excluding tert-OH is 1. The topological polar surface area (TPSA) is 35.8 Å². The van der Waals surface area contributed by atoms with Gasteiger partial charge in [-0.05, 0) is 48.0 Å². The Labute approximate surface area is 162 Å². The van der Waals surface area contributed by atoms with Crippen LogP contribution >= 0.6 is 0 Å². The highest BCUT2D eigenvalue weighted by Crippen LogP contribution is 2.35. The van der Waals surface area contributed by atoms with Crippen LogP contribution in [0, 0.1) is 17.6 Å². The smallest absolute Gasteiger partial charge is 0.141 e. The lowest BCUT2D eigenvalue weighted by Crippen LogP contribution is -2.35. The van der Waals surface area contributed by atoms with Gasteiger partial charge in [-0.3, -0.25) is 0 Å². The molecule has 0 amide bonds. The lowest BCUT2D eigenvalue weighted by molar-refractivity contribution is 0.291. The van der Waals surface area contributed by atoms with Crippen LogP contribution in [0.25, 0.3) is 5.70 Å². The Morgan fingerprint density at radius 1 is 1.07 bits per heavy atom. The predicted molar refractivity (Wildman–Crippen MR) is 104 cm³/mol. The van der Waals surface area contributed by atoms with Crippen molar-refractivity contribution in [3.8, 4) is 0 Å². The molecule has 0 bridgehead atoms. The van der Waals surface area contributed by atoms with Crippen molar-refractivity contribution in [2.75, 3.05) is 6.61 Å². The molecule has 1 aliphatic rings. The second kappa shape index (κ2) is 8.44. The summed E-state index contributed by atoms with van der Waals surface area (Å²) in [6.45, 7) is 3.12. The highest BCUT2D eigenvalue weighted by atomic mass is 19.1. The molecule has 0 saturated heterocycles. The van der Waals surface area contributed by atoms with Crippen molar-refractivity contribution in [2.24, 2.45) is 10.9 Å². The van der Waals surface area contributed by atoms with E-state index in [4.69, 9.17) is 5.11 Å². The number of benzene rings is 2. The number of rotatable bonds is 5. The third-order valence-electron chi connectivity index (χ3n) is 4.41. The molecule has 0 aromatic heterocycles. The molecule has 0 fully saturated rings. The summed E-state index contributed by atoms with van der Waals surface area (Å²) in [5, 5.41) is 9.13. The van der Waals surface area contributed by atoms with E-state index in [9.17, 15) is 13.2 Å². The Kier molecular flexibility index (Phi) is 5.99. The number of halogens is 3. The summed E-state index contributed by atoms with van der Waals surface area (Å²) in [7, 11) is 0. The van der Waals surface area contributed by atoms with Crippen molar-refractivity contribution in [3.63, 3.8) is 0 Å². The minimum absolute atomic E-state index is 0.0603. The van der Waals surface area contributed by atoms with Crippen LogP contribution in [0.3, 0.4) is 0 Å². The summed E-state index contributed by atoms with van der Waals surface area (Å²) in [6, 6.07) is 11.4. The SMILES string of the molecule is CC(C)C1=NC(c2ccc(F)cc2)=CC(c2ccc(F)cc2)N1/C=C(\F)CO. The molecule has 1 heterocycles. The first kappa shape index (κ1) is 19.9. The molecule has 28 heavy (non-hydrogen) atoms. The third kappa shape index (κ3) is 4.34. The van der Waals surface area contributed by atoms with E-state index in [0.717, 1.165) is 11.1 Å². The third-order valence-corrected chi connectivity index (χ3v) is 4.41. The zero-order valence-electron chi connectivity index (χ0n) is 15.6. The minimum atomic E-state index is -0.730. The van der Waals surface area contributed by atoms with E-state index in [2.05, 4.69) is 4.99 Å². The van der Waals surface area contributed by atoms with Gasteiger partial charge >= 0.3 is 0 Å². The van der Waals surface area contributed by atoms with Gasteiger partial charge in [0.1, 0.15) is 23.3 Å². The molecule has 1 aliphatic heterocycles. The summed E-state index contributed by atoms with van der Waals surface area (Å²) in [6.07, 6.45) is 3.03. The van der Waals surface area contributed by atoms with Crippen molar-refractivity contribution in [2.45, 2.75) is 19.9 Å². The lowest BCUT2D eigenvalue weighted by atomic mass is 9.98. The van der Waals surface area contributed by atoms with Crippen LogP contribution < -0.4 is 0 Å². The average molecular weight is 386 g/mol. The first-order chi connectivity index (χ1) is 13.4. The molecule has 0 spiro atoms. The van der Waals surface area contributed by atoms with Crippen LogP contribution in [0.5, 0.6) is 0 Å². The van der Waals surface area contributed by atoms with Crippen LogP contribution in [-0.2, 0) is 0 Å². The number of hydrogen-bond acceptors (Lipinski definition) is 3. The predicted octanol–water partition coefficient (Wildman–Crippen LogP) is 5.22. The zero-order chi connectivity index (χ0) is 20.3. The largest absolute Gasteiger partial charge is 0.389 e. The van der Waals surface area contributed by atoms with Crippen molar-refractivity contribution < 1.29 is 18.3 Å². The Morgan fingerprint density at radius 3 is 2.18 bits per heavy atom. The van der Waals surface area contributed by atoms with Gasteiger partial charge < -0.3 is 10.0 Å². The molecule has 3 rings (SSSR count). The van der Waals surface area contributed by atoms with Gasteiger partial charge in [-0.2, -0.15) is 0 Å². The molecule has 2 aromatic carbocycles. The van der Waals surface area contributed by atoms with Gasteiger partial charge in [0, 0.05) is 17.7 Å². The summed E-state index contributed by atoms with van der Waals surface area (Å²) >= 11 is 0. The lowest BCUT2D eigenvalue weighted by Gasteiger charge is -2.35. The maximum Gasteiger partial charge on any atom is 0.141 e. The summed E-state index contributed by atoms with van der Waals surface area (Å²) in [4.78, 5) is 6.29. The van der Waals surface area contributed by atoms with Crippen molar-refractivity contribution >= 4 is 11.5 Å². The maximum atomic E-state index is 14.0. The van der Waals surface area contributed by atoms with Crippen LogP contribution in [-0.4, -0.2) is 22.4 Å². The molecule has 1 N–H and O–H groups in total. The minimum Gasteiger partial charge on any atom is -0.389 e. The standard InChI is InChI=1S/C22H21F3N2O/c1-14(2)22-26-20(15-3-7-17(23)8-4-15)11-21(27(22)12-19(25)13-28)16-5-9-18(24)10-6-16/h3-12,14,21,28H,13H2,1-2H3/b19-12-. The summed E-state index contributed by atoms with van der Waals surface area (Å²) in [5.41, 5.74) is 2.07. The molecule has 3 nitrogen and oxygen atoms in total. The molecule has 1 atom stereocenters. The van der Waals surface area contributed by atoms with E-state index in [1.165, 1.54) is 30.5 Å². The van der Waals surface area contributed by atoms with E-state index in [1.807, 2.05) is 19.9 Å². The fraction of sp³-hybridized carbons (Fsp3) is 0.227. The number of aliphatic hydroxyl groups is 1. The summed E-state index contributed by atoms with van der Waals surface area (Å²) < 4.78 is 40.7. The van der Waals surface area contributed by atoms with Gasteiger partial charge in [-0.25, -0.2) is 18.2 Å². The molecule has 2 aromatic rings.